The highest BCUT2D eigenvalue weighted by molar-refractivity contribution is 6.30. The van der Waals surface area contributed by atoms with E-state index in [4.69, 9.17) is 11.6 Å². The molecule has 2 aromatic rings. The van der Waals surface area contributed by atoms with E-state index in [9.17, 15) is 4.79 Å². The Labute approximate surface area is 129 Å². The Morgan fingerprint density at radius 2 is 1.67 bits per heavy atom. The molecule has 4 nitrogen and oxygen atoms in total. The van der Waals surface area contributed by atoms with Gasteiger partial charge in [-0.2, -0.15) is 0 Å². The van der Waals surface area contributed by atoms with Crippen molar-refractivity contribution in [2.75, 3.05) is 24.7 Å². The van der Waals surface area contributed by atoms with Crippen LogP contribution in [0.15, 0.2) is 42.5 Å². The quantitative estimate of drug-likeness (QED) is 0.794. The molecule has 21 heavy (non-hydrogen) atoms. The van der Waals surface area contributed by atoms with Gasteiger partial charge in [0.15, 0.2) is 0 Å². The van der Waals surface area contributed by atoms with Gasteiger partial charge in [-0.05, 0) is 35.9 Å². The summed E-state index contributed by atoms with van der Waals surface area (Å²) >= 11 is 5.83. The van der Waals surface area contributed by atoms with E-state index in [2.05, 4.69) is 16.0 Å². The van der Waals surface area contributed by atoms with Crippen LogP contribution in [0.1, 0.15) is 15.9 Å². The Hall–Kier alpha value is -2.20. The number of hydrogen-bond acceptors (Lipinski definition) is 3. The van der Waals surface area contributed by atoms with E-state index in [-0.39, 0.29) is 5.91 Å². The van der Waals surface area contributed by atoms with Crippen molar-refractivity contribution in [2.24, 2.45) is 0 Å². The maximum Gasteiger partial charge on any atom is 0.251 e. The molecule has 1 amide bonds. The summed E-state index contributed by atoms with van der Waals surface area (Å²) in [6.45, 7) is 0.471. The van der Waals surface area contributed by atoms with Gasteiger partial charge in [0, 0.05) is 31.2 Å². The molecule has 2 rings (SSSR count). The van der Waals surface area contributed by atoms with Crippen molar-refractivity contribution in [1.82, 2.24) is 5.32 Å². The lowest BCUT2D eigenvalue weighted by Gasteiger charge is -2.11. The summed E-state index contributed by atoms with van der Waals surface area (Å²) in [7, 11) is 3.67. The average Bonchev–Trinajstić information content (AvgIpc) is 2.53. The first-order valence-electron chi connectivity index (χ1n) is 6.66. The van der Waals surface area contributed by atoms with Gasteiger partial charge < -0.3 is 16.0 Å². The second-order valence-corrected chi connectivity index (χ2v) is 5.01. The third-order valence-electron chi connectivity index (χ3n) is 3.19. The van der Waals surface area contributed by atoms with Crippen molar-refractivity contribution in [3.63, 3.8) is 0 Å². The molecule has 0 atom stereocenters. The lowest BCUT2D eigenvalue weighted by atomic mass is 10.1. The molecular weight excluding hydrogens is 286 g/mol. The highest BCUT2D eigenvalue weighted by atomic mass is 35.5. The molecule has 0 heterocycles. The van der Waals surface area contributed by atoms with Gasteiger partial charge in [-0.15, -0.1) is 0 Å². The number of halogens is 1. The fraction of sp³-hybridized carbons (Fsp3) is 0.188. The van der Waals surface area contributed by atoms with E-state index in [1.54, 1.807) is 6.07 Å². The van der Waals surface area contributed by atoms with E-state index < -0.39 is 0 Å². The Morgan fingerprint density at radius 3 is 2.29 bits per heavy atom. The van der Waals surface area contributed by atoms with Gasteiger partial charge in [0.25, 0.3) is 5.91 Å². The lowest BCUT2D eigenvalue weighted by molar-refractivity contribution is 0.0951. The van der Waals surface area contributed by atoms with Gasteiger partial charge in [-0.25, -0.2) is 0 Å². The molecule has 0 bridgehead atoms. The molecule has 0 saturated heterocycles. The van der Waals surface area contributed by atoms with Gasteiger partial charge >= 0.3 is 0 Å². The van der Waals surface area contributed by atoms with Crippen molar-refractivity contribution < 1.29 is 4.79 Å². The Morgan fingerprint density at radius 1 is 1.00 bits per heavy atom. The highest BCUT2D eigenvalue weighted by Gasteiger charge is 2.08. The summed E-state index contributed by atoms with van der Waals surface area (Å²) in [5, 5.41) is 9.71. The Balaban J connectivity index is 2.04. The average molecular weight is 304 g/mol. The maximum atomic E-state index is 12.2. The normalized spacial score (nSPS) is 10.0. The zero-order valence-corrected chi connectivity index (χ0v) is 12.8. The van der Waals surface area contributed by atoms with Crippen molar-refractivity contribution in [3.05, 3.63) is 58.6 Å². The number of amides is 1. The molecule has 0 aliphatic heterocycles. The number of carbonyl (C=O) groups excluding carboxylic acids is 1. The molecule has 0 saturated carbocycles. The first kappa shape index (κ1) is 15.2. The molecule has 0 aliphatic rings. The zero-order chi connectivity index (χ0) is 15.2. The van der Waals surface area contributed by atoms with Crippen molar-refractivity contribution in [3.8, 4) is 0 Å². The predicted octanol–water partition coefficient (Wildman–Crippen LogP) is 3.35. The van der Waals surface area contributed by atoms with E-state index in [1.807, 2.05) is 50.5 Å². The summed E-state index contributed by atoms with van der Waals surface area (Å²) in [5.41, 5.74) is 3.46. The van der Waals surface area contributed by atoms with Gasteiger partial charge in [0.1, 0.15) is 0 Å². The topological polar surface area (TPSA) is 53.2 Å². The molecular formula is C16H18ClN3O. The molecule has 2 aromatic carbocycles. The van der Waals surface area contributed by atoms with Crippen LogP contribution in [0.3, 0.4) is 0 Å². The van der Waals surface area contributed by atoms with Crippen LogP contribution in [-0.2, 0) is 6.54 Å². The molecule has 3 N–H and O–H groups in total. The van der Waals surface area contributed by atoms with Crippen molar-refractivity contribution >= 4 is 28.9 Å². The highest BCUT2D eigenvalue weighted by Crippen LogP contribution is 2.22. The monoisotopic (exact) mass is 303 g/mol. The van der Waals surface area contributed by atoms with Crippen LogP contribution in [-0.4, -0.2) is 20.0 Å². The second kappa shape index (κ2) is 6.99. The minimum Gasteiger partial charge on any atom is -0.386 e. The fourth-order valence-corrected chi connectivity index (χ4v) is 2.12. The SMILES string of the molecule is CNc1ccc(C(=O)NCc2ccc(Cl)cc2)cc1NC. The maximum absolute atomic E-state index is 12.2. The first-order valence-corrected chi connectivity index (χ1v) is 7.04. The number of rotatable bonds is 5. The largest absolute Gasteiger partial charge is 0.386 e. The molecule has 110 valence electrons. The van der Waals surface area contributed by atoms with E-state index in [0.717, 1.165) is 16.9 Å². The van der Waals surface area contributed by atoms with Gasteiger partial charge in [0.05, 0.1) is 11.4 Å². The van der Waals surface area contributed by atoms with Crippen LogP contribution >= 0.6 is 11.6 Å². The van der Waals surface area contributed by atoms with Crippen LogP contribution in [0.5, 0.6) is 0 Å². The Kier molecular flexibility index (Phi) is 5.06. The summed E-state index contributed by atoms with van der Waals surface area (Å²) in [4.78, 5) is 12.2. The molecule has 0 fully saturated rings. The van der Waals surface area contributed by atoms with E-state index in [0.29, 0.717) is 17.1 Å². The number of hydrogen-bond donors (Lipinski definition) is 3. The van der Waals surface area contributed by atoms with E-state index >= 15 is 0 Å². The number of benzene rings is 2. The summed E-state index contributed by atoms with van der Waals surface area (Å²) in [5.74, 6) is -0.107. The van der Waals surface area contributed by atoms with Gasteiger partial charge in [-0.1, -0.05) is 23.7 Å². The van der Waals surface area contributed by atoms with E-state index in [1.165, 1.54) is 0 Å². The number of carbonyl (C=O) groups is 1. The summed E-state index contributed by atoms with van der Waals surface area (Å²) < 4.78 is 0. The summed E-state index contributed by atoms with van der Waals surface area (Å²) in [6.07, 6.45) is 0. The molecule has 0 aromatic heterocycles. The third kappa shape index (κ3) is 3.89. The fourth-order valence-electron chi connectivity index (χ4n) is 2.00. The number of nitrogens with one attached hydrogen (secondary N) is 3. The molecule has 0 spiro atoms. The second-order valence-electron chi connectivity index (χ2n) is 4.57. The van der Waals surface area contributed by atoms with Crippen LogP contribution in [0.4, 0.5) is 11.4 Å². The standard InChI is InChI=1S/C16H18ClN3O/c1-18-14-8-5-12(9-15(14)19-2)16(21)20-10-11-3-6-13(17)7-4-11/h3-9,18-19H,10H2,1-2H3,(H,20,21). The molecule has 5 heteroatoms. The van der Waals surface area contributed by atoms with Crippen molar-refractivity contribution in [2.45, 2.75) is 6.54 Å². The third-order valence-corrected chi connectivity index (χ3v) is 3.44. The zero-order valence-electron chi connectivity index (χ0n) is 12.0. The minimum atomic E-state index is -0.107. The summed E-state index contributed by atoms with van der Waals surface area (Å²) in [6, 6.07) is 12.9. The first-order chi connectivity index (χ1) is 10.1. The van der Waals surface area contributed by atoms with Crippen LogP contribution in [0.25, 0.3) is 0 Å². The van der Waals surface area contributed by atoms with Gasteiger partial charge in [0.2, 0.25) is 0 Å². The van der Waals surface area contributed by atoms with Crippen LogP contribution < -0.4 is 16.0 Å². The minimum absolute atomic E-state index is 0.107. The van der Waals surface area contributed by atoms with Crippen LogP contribution in [0.2, 0.25) is 5.02 Å². The van der Waals surface area contributed by atoms with Gasteiger partial charge in [-0.3, -0.25) is 4.79 Å². The Bertz CT molecular complexity index is 626. The predicted molar refractivity (Wildman–Crippen MR) is 88.2 cm³/mol. The number of anilines is 2. The van der Waals surface area contributed by atoms with Crippen molar-refractivity contribution in [1.29, 1.82) is 0 Å². The molecule has 0 radical (unpaired) electrons. The van der Waals surface area contributed by atoms with Crippen LogP contribution in [0, 0.1) is 0 Å². The lowest BCUT2D eigenvalue weighted by Crippen LogP contribution is -2.22. The molecule has 0 unspecified atom stereocenters. The smallest absolute Gasteiger partial charge is 0.251 e. The molecule has 0 aliphatic carbocycles.